The van der Waals surface area contributed by atoms with Crippen molar-refractivity contribution in [2.24, 2.45) is 0 Å². The van der Waals surface area contributed by atoms with Gasteiger partial charge in [0.2, 0.25) is 11.8 Å². The minimum absolute atomic E-state index is 0.179. The standard InChI is InChI=1S/C20H21FN4O2/c21-16-4-1-14(2-5-16)15-3-6-18-17(13-15)19(24-20(22)23-18)27-12-9-25-7-10-26-11-8-25/h1-6,13H,7-12H2,(H2,22,23,24). The second kappa shape index (κ2) is 7.85. The van der Waals surface area contributed by atoms with Gasteiger partial charge in [-0.3, -0.25) is 4.90 Å². The number of aromatic nitrogens is 2. The first-order valence-corrected chi connectivity index (χ1v) is 8.95. The second-order valence-electron chi connectivity index (χ2n) is 6.43. The Balaban J connectivity index is 1.58. The Bertz CT molecular complexity index is 927. The summed E-state index contributed by atoms with van der Waals surface area (Å²) < 4.78 is 24.5. The summed E-state index contributed by atoms with van der Waals surface area (Å²) in [5.74, 6) is 0.385. The lowest BCUT2D eigenvalue weighted by Gasteiger charge is -2.26. The van der Waals surface area contributed by atoms with E-state index in [0.29, 0.717) is 12.5 Å². The maximum atomic E-state index is 13.2. The average Bonchev–Trinajstić information content (AvgIpc) is 2.69. The van der Waals surface area contributed by atoms with Gasteiger partial charge < -0.3 is 15.2 Å². The predicted molar refractivity (Wildman–Crippen MR) is 102 cm³/mol. The zero-order valence-electron chi connectivity index (χ0n) is 14.9. The van der Waals surface area contributed by atoms with Crippen LogP contribution in [0.25, 0.3) is 22.0 Å². The van der Waals surface area contributed by atoms with Crippen LogP contribution in [0.3, 0.4) is 0 Å². The van der Waals surface area contributed by atoms with Gasteiger partial charge in [0.1, 0.15) is 12.4 Å². The Labute approximate surface area is 156 Å². The number of anilines is 1. The van der Waals surface area contributed by atoms with Crippen LogP contribution in [0.4, 0.5) is 10.3 Å². The molecule has 0 saturated carbocycles. The molecule has 2 aromatic carbocycles. The third-order valence-corrected chi connectivity index (χ3v) is 4.61. The van der Waals surface area contributed by atoms with Gasteiger partial charge in [0, 0.05) is 19.6 Å². The molecule has 2 heterocycles. The highest BCUT2D eigenvalue weighted by molar-refractivity contribution is 5.89. The molecule has 1 aromatic heterocycles. The number of hydrogen-bond acceptors (Lipinski definition) is 6. The van der Waals surface area contributed by atoms with Gasteiger partial charge in [0.15, 0.2) is 0 Å². The Hall–Kier alpha value is -2.77. The van der Waals surface area contributed by atoms with Gasteiger partial charge in [0.05, 0.1) is 24.1 Å². The fraction of sp³-hybridized carbons (Fsp3) is 0.300. The van der Waals surface area contributed by atoms with Crippen molar-refractivity contribution in [1.29, 1.82) is 0 Å². The highest BCUT2D eigenvalue weighted by atomic mass is 19.1. The Kier molecular flexibility index (Phi) is 5.13. The molecule has 0 bridgehead atoms. The number of benzene rings is 2. The maximum absolute atomic E-state index is 13.2. The normalized spacial score (nSPS) is 15.1. The first kappa shape index (κ1) is 17.6. The lowest BCUT2D eigenvalue weighted by molar-refractivity contribution is 0.0321. The van der Waals surface area contributed by atoms with Crippen molar-refractivity contribution in [3.8, 4) is 17.0 Å². The molecule has 0 atom stereocenters. The first-order valence-electron chi connectivity index (χ1n) is 8.95. The molecule has 1 aliphatic heterocycles. The van der Waals surface area contributed by atoms with Crippen molar-refractivity contribution in [3.63, 3.8) is 0 Å². The molecule has 0 radical (unpaired) electrons. The maximum Gasteiger partial charge on any atom is 0.226 e. The van der Waals surface area contributed by atoms with Crippen molar-refractivity contribution in [2.75, 3.05) is 45.2 Å². The van der Waals surface area contributed by atoms with E-state index in [-0.39, 0.29) is 11.8 Å². The lowest BCUT2D eigenvalue weighted by Crippen LogP contribution is -2.38. The van der Waals surface area contributed by atoms with E-state index in [2.05, 4.69) is 14.9 Å². The van der Waals surface area contributed by atoms with Crippen LogP contribution in [-0.4, -0.2) is 54.3 Å². The van der Waals surface area contributed by atoms with E-state index in [1.54, 1.807) is 12.1 Å². The number of nitrogens with zero attached hydrogens (tertiary/aromatic N) is 3. The van der Waals surface area contributed by atoms with Crippen molar-refractivity contribution in [1.82, 2.24) is 14.9 Å². The van der Waals surface area contributed by atoms with Gasteiger partial charge >= 0.3 is 0 Å². The van der Waals surface area contributed by atoms with E-state index in [1.165, 1.54) is 12.1 Å². The first-order chi connectivity index (χ1) is 13.2. The molecule has 1 aliphatic rings. The van der Waals surface area contributed by atoms with Crippen LogP contribution in [0.5, 0.6) is 5.88 Å². The van der Waals surface area contributed by atoms with Gasteiger partial charge in [-0.1, -0.05) is 18.2 Å². The molecule has 1 saturated heterocycles. The fourth-order valence-electron chi connectivity index (χ4n) is 3.15. The van der Waals surface area contributed by atoms with Gasteiger partial charge in [-0.15, -0.1) is 0 Å². The van der Waals surface area contributed by atoms with Crippen LogP contribution in [-0.2, 0) is 4.74 Å². The third kappa shape index (κ3) is 4.15. The summed E-state index contributed by atoms with van der Waals surface area (Å²) in [5, 5.41) is 0.785. The molecule has 0 aliphatic carbocycles. The zero-order chi connectivity index (χ0) is 18.6. The van der Waals surface area contributed by atoms with E-state index >= 15 is 0 Å². The SMILES string of the molecule is Nc1nc(OCCN2CCOCC2)c2cc(-c3ccc(F)cc3)ccc2n1. The molecule has 6 nitrogen and oxygen atoms in total. The van der Waals surface area contributed by atoms with Crippen molar-refractivity contribution < 1.29 is 13.9 Å². The van der Waals surface area contributed by atoms with E-state index in [1.807, 2.05) is 18.2 Å². The van der Waals surface area contributed by atoms with Crippen LogP contribution in [0.2, 0.25) is 0 Å². The molecular weight excluding hydrogens is 347 g/mol. The zero-order valence-corrected chi connectivity index (χ0v) is 14.9. The monoisotopic (exact) mass is 368 g/mol. The lowest BCUT2D eigenvalue weighted by atomic mass is 10.0. The number of rotatable bonds is 5. The van der Waals surface area contributed by atoms with E-state index in [0.717, 1.165) is 54.9 Å². The molecule has 2 N–H and O–H groups in total. The molecule has 0 spiro atoms. The van der Waals surface area contributed by atoms with Gasteiger partial charge in [-0.05, 0) is 35.4 Å². The average molecular weight is 368 g/mol. The molecule has 0 amide bonds. The quantitative estimate of drug-likeness (QED) is 0.747. The Morgan fingerprint density at radius 1 is 1.04 bits per heavy atom. The van der Waals surface area contributed by atoms with Gasteiger partial charge in [-0.25, -0.2) is 9.37 Å². The summed E-state index contributed by atoms with van der Waals surface area (Å²) in [6, 6.07) is 12.1. The number of morpholine rings is 1. The number of hydrogen-bond donors (Lipinski definition) is 1. The highest BCUT2D eigenvalue weighted by Gasteiger charge is 2.13. The largest absolute Gasteiger partial charge is 0.476 e. The van der Waals surface area contributed by atoms with E-state index in [9.17, 15) is 4.39 Å². The van der Waals surface area contributed by atoms with Crippen LogP contribution < -0.4 is 10.5 Å². The number of nitrogens with two attached hydrogens (primary N) is 1. The number of nitrogen functional groups attached to an aromatic ring is 1. The molecule has 7 heteroatoms. The van der Waals surface area contributed by atoms with Gasteiger partial charge in [0.25, 0.3) is 0 Å². The van der Waals surface area contributed by atoms with E-state index < -0.39 is 0 Å². The minimum Gasteiger partial charge on any atom is -0.476 e. The second-order valence-corrected chi connectivity index (χ2v) is 6.43. The van der Waals surface area contributed by atoms with Crippen LogP contribution in [0.15, 0.2) is 42.5 Å². The number of fused-ring (bicyclic) bond motifs is 1. The number of halogens is 1. The van der Waals surface area contributed by atoms with Gasteiger partial charge in [-0.2, -0.15) is 4.98 Å². The topological polar surface area (TPSA) is 73.5 Å². The summed E-state index contributed by atoms with van der Waals surface area (Å²) in [7, 11) is 0. The van der Waals surface area contributed by atoms with Crippen molar-refractivity contribution in [2.45, 2.75) is 0 Å². The third-order valence-electron chi connectivity index (χ3n) is 4.61. The van der Waals surface area contributed by atoms with E-state index in [4.69, 9.17) is 15.2 Å². The molecule has 27 heavy (non-hydrogen) atoms. The van der Waals surface area contributed by atoms with Crippen LogP contribution in [0, 0.1) is 5.82 Å². The highest BCUT2D eigenvalue weighted by Crippen LogP contribution is 2.29. The van der Waals surface area contributed by atoms with Crippen LogP contribution in [0.1, 0.15) is 0 Å². The Morgan fingerprint density at radius 3 is 2.56 bits per heavy atom. The molecular formula is C20H21FN4O2. The minimum atomic E-state index is -0.261. The van der Waals surface area contributed by atoms with Crippen LogP contribution >= 0.6 is 0 Å². The Morgan fingerprint density at radius 2 is 1.78 bits per heavy atom. The molecule has 4 rings (SSSR count). The predicted octanol–water partition coefficient (Wildman–Crippen LogP) is 2.73. The number of ether oxygens (including phenoxy) is 2. The summed E-state index contributed by atoms with van der Waals surface area (Å²) in [5.41, 5.74) is 8.40. The molecule has 0 unspecified atom stereocenters. The smallest absolute Gasteiger partial charge is 0.226 e. The fourth-order valence-corrected chi connectivity index (χ4v) is 3.15. The van der Waals surface area contributed by atoms with Crippen molar-refractivity contribution >= 4 is 16.9 Å². The summed E-state index contributed by atoms with van der Waals surface area (Å²) >= 11 is 0. The molecule has 3 aromatic rings. The molecule has 1 fully saturated rings. The summed E-state index contributed by atoms with van der Waals surface area (Å²) in [6.45, 7) is 4.63. The van der Waals surface area contributed by atoms with Crippen molar-refractivity contribution in [3.05, 3.63) is 48.3 Å². The summed E-state index contributed by atoms with van der Waals surface area (Å²) in [4.78, 5) is 10.8. The summed E-state index contributed by atoms with van der Waals surface area (Å²) in [6.07, 6.45) is 0. The molecule has 140 valence electrons.